The van der Waals surface area contributed by atoms with Crippen LogP contribution in [0.2, 0.25) is 0 Å². The van der Waals surface area contributed by atoms with Crippen molar-refractivity contribution in [3.8, 4) is 0 Å². The molecule has 0 spiro atoms. The summed E-state index contributed by atoms with van der Waals surface area (Å²) in [6, 6.07) is 0. The van der Waals surface area contributed by atoms with E-state index in [1.165, 1.54) is 0 Å². The van der Waals surface area contributed by atoms with Crippen LogP contribution in [-0.4, -0.2) is 22.0 Å². The van der Waals surface area contributed by atoms with E-state index in [-0.39, 0.29) is 11.6 Å². The minimum Gasteiger partial charge on any atom is -0.477 e. The van der Waals surface area contributed by atoms with Crippen LogP contribution in [0.1, 0.15) is 20.3 Å². The molecule has 0 aliphatic carbocycles. The van der Waals surface area contributed by atoms with Crippen molar-refractivity contribution in [3.05, 3.63) is 0 Å². The van der Waals surface area contributed by atoms with Gasteiger partial charge in [-0.2, -0.15) is 0 Å². The third-order valence-corrected chi connectivity index (χ3v) is 1.41. The number of hydrogen-bond donors (Lipinski definition) is 2. The first-order chi connectivity index (χ1) is 4.63. The highest BCUT2D eigenvalue weighted by Crippen LogP contribution is 2.03. The number of rotatable bonds is 3. The van der Waals surface area contributed by atoms with E-state index in [2.05, 4.69) is 5.16 Å². The van der Waals surface area contributed by atoms with Crippen LogP contribution in [0.15, 0.2) is 5.16 Å². The largest absolute Gasteiger partial charge is 0.477 e. The summed E-state index contributed by atoms with van der Waals surface area (Å²) in [5.41, 5.74) is -0.178. The first kappa shape index (κ1) is 8.94. The van der Waals surface area contributed by atoms with Crippen LogP contribution in [0, 0.1) is 5.92 Å². The third-order valence-electron chi connectivity index (χ3n) is 1.41. The van der Waals surface area contributed by atoms with E-state index in [0.717, 1.165) is 0 Å². The molecule has 1 unspecified atom stereocenters. The quantitative estimate of drug-likeness (QED) is 0.353. The first-order valence-electron chi connectivity index (χ1n) is 3.08. The van der Waals surface area contributed by atoms with Crippen LogP contribution < -0.4 is 0 Å². The summed E-state index contributed by atoms with van der Waals surface area (Å²) >= 11 is 0. The Morgan fingerprint density at radius 1 is 1.70 bits per heavy atom. The zero-order valence-electron chi connectivity index (χ0n) is 6.03. The van der Waals surface area contributed by atoms with Crippen LogP contribution in [0.5, 0.6) is 0 Å². The van der Waals surface area contributed by atoms with Crippen LogP contribution in [0.3, 0.4) is 0 Å². The van der Waals surface area contributed by atoms with E-state index in [1.54, 1.807) is 6.92 Å². The van der Waals surface area contributed by atoms with E-state index in [0.29, 0.717) is 6.42 Å². The van der Waals surface area contributed by atoms with Crippen molar-refractivity contribution in [1.82, 2.24) is 0 Å². The van der Waals surface area contributed by atoms with Crippen molar-refractivity contribution in [2.24, 2.45) is 11.1 Å². The molecule has 0 heterocycles. The van der Waals surface area contributed by atoms with Crippen molar-refractivity contribution in [1.29, 1.82) is 0 Å². The van der Waals surface area contributed by atoms with Gasteiger partial charge >= 0.3 is 5.97 Å². The smallest absolute Gasteiger partial charge is 0.353 e. The molecule has 0 fully saturated rings. The van der Waals surface area contributed by atoms with Crippen molar-refractivity contribution in [2.45, 2.75) is 20.3 Å². The maximum absolute atomic E-state index is 10.2. The zero-order valence-corrected chi connectivity index (χ0v) is 6.03. The van der Waals surface area contributed by atoms with Crippen molar-refractivity contribution < 1.29 is 15.1 Å². The standard InChI is InChI=1S/C6H11NO3/c1-3-4(2)5(7-10)6(8)9/h4,10H,3H2,1-2H3,(H,8,9)/b7-5-. The Balaban J connectivity index is 4.23. The fraction of sp³-hybridized carbons (Fsp3) is 0.667. The SMILES string of the molecule is CCC(C)/C(=N/O)C(=O)O. The molecule has 4 heteroatoms. The Hall–Kier alpha value is -1.06. The summed E-state index contributed by atoms with van der Waals surface area (Å²) in [5, 5.41) is 19.3. The Kier molecular flexibility index (Phi) is 3.46. The Morgan fingerprint density at radius 2 is 2.20 bits per heavy atom. The second-order valence-corrected chi connectivity index (χ2v) is 2.10. The maximum atomic E-state index is 10.2. The molecular weight excluding hydrogens is 134 g/mol. The lowest BCUT2D eigenvalue weighted by atomic mass is 10.0. The van der Waals surface area contributed by atoms with Crippen LogP contribution in [0.4, 0.5) is 0 Å². The summed E-state index contributed by atoms with van der Waals surface area (Å²) in [4.78, 5) is 10.2. The number of oxime groups is 1. The second kappa shape index (κ2) is 3.87. The maximum Gasteiger partial charge on any atom is 0.353 e. The van der Waals surface area contributed by atoms with Crippen molar-refractivity contribution in [2.75, 3.05) is 0 Å². The lowest BCUT2D eigenvalue weighted by Crippen LogP contribution is -2.20. The van der Waals surface area contributed by atoms with Gasteiger partial charge in [0, 0.05) is 5.92 Å². The summed E-state index contributed by atoms with van der Waals surface area (Å²) in [5.74, 6) is -1.35. The fourth-order valence-corrected chi connectivity index (χ4v) is 0.545. The average molecular weight is 145 g/mol. The third kappa shape index (κ3) is 2.05. The zero-order chi connectivity index (χ0) is 8.15. The summed E-state index contributed by atoms with van der Waals surface area (Å²) in [7, 11) is 0. The van der Waals surface area contributed by atoms with Gasteiger partial charge in [-0.25, -0.2) is 4.79 Å². The number of hydrogen-bond acceptors (Lipinski definition) is 3. The topological polar surface area (TPSA) is 69.9 Å². The van der Waals surface area contributed by atoms with E-state index in [4.69, 9.17) is 10.3 Å². The number of aliphatic carboxylic acids is 1. The van der Waals surface area contributed by atoms with Gasteiger partial charge in [0.15, 0.2) is 5.71 Å². The molecule has 0 aromatic carbocycles. The molecule has 0 bridgehead atoms. The normalized spacial score (nSPS) is 14.8. The highest BCUT2D eigenvalue weighted by atomic mass is 16.4. The molecule has 10 heavy (non-hydrogen) atoms. The summed E-state index contributed by atoms with van der Waals surface area (Å²) in [6.07, 6.45) is 0.658. The molecule has 4 nitrogen and oxygen atoms in total. The number of carboxylic acid groups (broad SMARTS) is 1. The Labute approximate surface area is 59.2 Å². The van der Waals surface area contributed by atoms with E-state index >= 15 is 0 Å². The number of carbonyl (C=O) groups is 1. The molecule has 0 saturated carbocycles. The van der Waals surface area contributed by atoms with Crippen LogP contribution in [0.25, 0.3) is 0 Å². The molecule has 0 aromatic rings. The van der Waals surface area contributed by atoms with Crippen molar-refractivity contribution >= 4 is 11.7 Å². The molecule has 0 amide bonds. The predicted molar refractivity (Wildman–Crippen MR) is 36.3 cm³/mol. The highest BCUT2D eigenvalue weighted by Gasteiger charge is 2.16. The lowest BCUT2D eigenvalue weighted by molar-refractivity contribution is -0.129. The Bertz CT molecular complexity index is 153. The molecule has 0 radical (unpaired) electrons. The van der Waals surface area contributed by atoms with Gasteiger partial charge in [0.25, 0.3) is 0 Å². The van der Waals surface area contributed by atoms with Gasteiger partial charge in [-0.1, -0.05) is 19.0 Å². The van der Waals surface area contributed by atoms with Gasteiger partial charge in [0.2, 0.25) is 0 Å². The average Bonchev–Trinajstić information content (AvgIpc) is 1.88. The van der Waals surface area contributed by atoms with Gasteiger partial charge in [0.1, 0.15) is 0 Å². The van der Waals surface area contributed by atoms with Crippen molar-refractivity contribution in [3.63, 3.8) is 0 Å². The van der Waals surface area contributed by atoms with Gasteiger partial charge < -0.3 is 10.3 Å². The molecule has 0 rings (SSSR count). The molecule has 0 aliphatic rings. The van der Waals surface area contributed by atoms with Crippen LogP contribution >= 0.6 is 0 Å². The first-order valence-corrected chi connectivity index (χ1v) is 3.08. The second-order valence-electron chi connectivity index (χ2n) is 2.10. The molecular formula is C6H11NO3. The highest BCUT2D eigenvalue weighted by molar-refractivity contribution is 6.36. The number of carboxylic acids is 1. The van der Waals surface area contributed by atoms with Crippen LogP contribution in [-0.2, 0) is 4.79 Å². The Morgan fingerprint density at radius 3 is 2.30 bits per heavy atom. The minimum absolute atomic E-state index is 0.178. The van der Waals surface area contributed by atoms with Gasteiger partial charge in [-0.05, 0) is 6.42 Å². The molecule has 2 N–H and O–H groups in total. The van der Waals surface area contributed by atoms with E-state index in [1.807, 2.05) is 6.92 Å². The van der Waals surface area contributed by atoms with Gasteiger partial charge in [-0.3, -0.25) is 0 Å². The predicted octanol–water partition coefficient (Wildman–Crippen LogP) is 0.947. The van der Waals surface area contributed by atoms with E-state index in [9.17, 15) is 4.79 Å². The van der Waals surface area contributed by atoms with Gasteiger partial charge in [-0.15, -0.1) is 0 Å². The molecule has 0 saturated heterocycles. The monoisotopic (exact) mass is 145 g/mol. The summed E-state index contributed by atoms with van der Waals surface area (Å²) in [6.45, 7) is 3.53. The molecule has 1 atom stereocenters. The molecule has 58 valence electrons. The van der Waals surface area contributed by atoms with E-state index < -0.39 is 5.97 Å². The number of nitrogens with zero attached hydrogens (tertiary/aromatic N) is 1. The fourth-order valence-electron chi connectivity index (χ4n) is 0.545. The molecule has 0 aliphatic heterocycles. The minimum atomic E-state index is -1.16. The lowest BCUT2D eigenvalue weighted by Gasteiger charge is -2.04. The molecule has 0 aromatic heterocycles. The van der Waals surface area contributed by atoms with Gasteiger partial charge in [0.05, 0.1) is 0 Å². The summed E-state index contributed by atoms with van der Waals surface area (Å²) < 4.78 is 0.